The van der Waals surface area contributed by atoms with Gasteiger partial charge in [0.25, 0.3) is 0 Å². The summed E-state index contributed by atoms with van der Waals surface area (Å²) in [6, 6.07) is 0. The maximum Gasteiger partial charge on any atom is 0.00198 e. The molecular weight excluding hydrogens is 356 g/mol. The minimum atomic E-state index is 0.643. The van der Waals surface area contributed by atoms with Crippen LogP contribution in [0, 0.1) is 52.3 Å². The molecule has 0 saturated heterocycles. The van der Waals surface area contributed by atoms with Gasteiger partial charge in [-0.05, 0) is 110 Å². The molecule has 0 aliphatic heterocycles. The van der Waals surface area contributed by atoms with E-state index in [1.54, 1.807) is 12.8 Å². The van der Waals surface area contributed by atoms with E-state index in [0.717, 1.165) is 41.4 Å². The van der Waals surface area contributed by atoms with Crippen molar-refractivity contribution in [1.82, 2.24) is 0 Å². The maximum absolute atomic E-state index is 4.88. The van der Waals surface area contributed by atoms with Crippen molar-refractivity contribution in [2.75, 3.05) is 0 Å². The van der Waals surface area contributed by atoms with E-state index >= 15 is 0 Å². The lowest BCUT2D eigenvalue weighted by atomic mass is 9.44. The second kappa shape index (κ2) is 8.12. The first-order valence-electron chi connectivity index (χ1n) is 12.9. The lowest BCUT2D eigenvalue weighted by Gasteiger charge is -2.61. The molecule has 9 unspecified atom stereocenters. The van der Waals surface area contributed by atoms with Gasteiger partial charge in [-0.25, -0.2) is 0 Å². The fourth-order valence-electron chi connectivity index (χ4n) is 9.26. The van der Waals surface area contributed by atoms with E-state index in [0.29, 0.717) is 16.1 Å². The van der Waals surface area contributed by atoms with Gasteiger partial charge in [-0.3, -0.25) is 0 Å². The molecule has 4 aliphatic carbocycles. The molecule has 0 aromatic heterocycles. The molecule has 4 aliphatic rings. The number of fused-ring (bicyclic) bond motifs is 5. The van der Waals surface area contributed by atoms with Gasteiger partial charge in [0.2, 0.25) is 0 Å². The van der Waals surface area contributed by atoms with Crippen LogP contribution in [0.5, 0.6) is 0 Å². The summed E-state index contributed by atoms with van der Waals surface area (Å²) in [5.41, 5.74) is 1.30. The van der Waals surface area contributed by atoms with E-state index in [2.05, 4.69) is 34.6 Å². The summed E-state index contributed by atoms with van der Waals surface area (Å²) in [5, 5.41) is 0.686. The number of thiol groups is 1. The molecular formula is C27H48S. The molecule has 28 heavy (non-hydrogen) atoms. The highest BCUT2D eigenvalue weighted by atomic mass is 32.1. The fraction of sp³-hybridized carbons (Fsp3) is 1.00. The van der Waals surface area contributed by atoms with Crippen molar-refractivity contribution < 1.29 is 0 Å². The average Bonchev–Trinajstić information content (AvgIpc) is 2.99. The third-order valence-electron chi connectivity index (χ3n) is 10.8. The van der Waals surface area contributed by atoms with E-state index in [9.17, 15) is 0 Å². The Labute approximate surface area is 181 Å². The van der Waals surface area contributed by atoms with Crippen LogP contribution in [0.15, 0.2) is 0 Å². The predicted molar refractivity (Wildman–Crippen MR) is 126 cm³/mol. The van der Waals surface area contributed by atoms with Crippen molar-refractivity contribution in [3.63, 3.8) is 0 Å². The van der Waals surface area contributed by atoms with E-state index in [-0.39, 0.29) is 0 Å². The first-order chi connectivity index (χ1) is 13.3. The summed E-state index contributed by atoms with van der Waals surface area (Å²) in [7, 11) is 0. The summed E-state index contributed by atoms with van der Waals surface area (Å²) in [5.74, 6) is 6.90. The first-order valence-corrected chi connectivity index (χ1v) is 13.5. The molecule has 0 spiro atoms. The predicted octanol–water partition coefficient (Wildman–Crippen LogP) is 8.41. The second-order valence-electron chi connectivity index (χ2n) is 12.6. The van der Waals surface area contributed by atoms with Crippen LogP contribution < -0.4 is 0 Å². The summed E-state index contributed by atoms with van der Waals surface area (Å²) < 4.78 is 0. The van der Waals surface area contributed by atoms with Gasteiger partial charge in [0.05, 0.1) is 0 Å². The lowest BCUT2D eigenvalue weighted by molar-refractivity contribution is -0.113. The number of rotatable bonds is 5. The zero-order chi connectivity index (χ0) is 20.1. The van der Waals surface area contributed by atoms with Crippen molar-refractivity contribution >= 4 is 12.6 Å². The van der Waals surface area contributed by atoms with Crippen LogP contribution in [-0.4, -0.2) is 5.25 Å². The van der Waals surface area contributed by atoms with Crippen LogP contribution in [0.2, 0.25) is 0 Å². The zero-order valence-corrected chi connectivity index (χ0v) is 20.4. The Bertz CT molecular complexity index is 540. The lowest BCUT2D eigenvalue weighted by Crippen LogP contribution is -2.53. The average molecular weight is 405 g/mol. The van der Waals surface area contributed by atoms with Crippen molar-refractivity contribution in [3.05, 3.63) is 0 Å². The molecule has 162 valence electrons. The standard InChI is InChI=1S/C27H48S/c1-18(2)7-6-8-19(3)23-11-12-24-22-10-9-20-17-21(28)13-15-26(20,4)25(22)14-16-27(23,24)5/h18-25,28H,6-17H2,1-5H3. The van der Waals surface area contributed by atoms with E-state index in [1.807, 2.05) is 0 Å². The Hall–Kier alpha value is 0.350. The van der Waals surface area contributed by atoms with Crippen LogP contribution in [0.3, 0.4) is 0 Å². The van der Waals surface area contributed by atoms with Crippen LogP contribution >= 0.6 is 12.6 Å². The van der Waals surface area contributed by atoms with Crippen molar-refractivity contribution in [3.8, 4) is 0 Å². The number of hydrogen-bond acceptors (Lipinski definition) is 1. The van der Waals surface area contributed by atoms with Crippen LogP contribution in [0.1, 0.15) is 112 Å². The largest absolute Gasteiger partial charge is 0.176 e. The fourth-order valence-corrected chi connectivity index (χ4v) is 9.64. The molecule has 9 atom stereocenters. The third kappa shape index (κ3) is 3.62. The molecule has 0 radical (unpaired) electrons. The molecule has 4 rings (SSSR count). The summed E-state index contributed by atoms with van der Waals surface area (Å²) in [4.78, 5) is 0. The number of hydrogen-bond donors (Lipinski definition) is 1. The molecule has 0 N–H and O–H groups in total. The zero-order valence-electron chi connectivity index (χ0n) is 19.6. The van der Waals surface area contributed by atoms with Gasteiger partial charge >= 0.3 is 0 Å². The Kier molecular flexibility index (Phi) is 6.26. The first kappa shape index (κ1) is 21.6. The smallest absolute Gasteiger partial charge is 0.00198 e. The summed E-state index contributed by atoms with van der Waals surface area (Å²) in [6.07, 6.45) is 17.8. The highest BCUT2D eigenvalue weighted by Gasteiger charge is 2.60. The van der Waals surface area contributed by atoms with Crippen LogP contribution in [0.25, 0.3) is 0 Å². The molecule has 0 heterocycles. The Morgan fingerprint density at radius 1 is 0.821 bits per heavy atom. The van der Waals surface area contributed by atoms with Gasteiger partial charge in [-0.2, -0.15) is 12.6 Å². The minimum absolute atomic E-state index is 0.643. The van der Waals surface area contributed by atoms with Crippen LogP contribution in [0.4, 0.5) is 0 Å². The second-order valence-corrected chi connectivity index (χ2v) is 13.3. The van der Waals surface area contributed by atoms with Gasteiger partial charge in [0, 0.05) is 5.25 Å². The van der Waals surface area contributed by atoms with E-state index in [4.69, 9.17) is 12.6 Å². The van der Waals surface area contributed by atoms with Gasteiger partial charge in [0.1, 0.15) is 0 Å². The monoisotopic (exact) mass is 404 g/mol. The molecule has 4 saturated carbocycles. The van der Waals surface area contributed by atoms with Gasteiger partial charge in [-0.15, -0.1) is 0 Å². The maximum atomic E-state index is 4.88. The van der Waals surface area contributed by atoms with Gasteiger partial charge in [-0.1, -0.05) is 53.9 Å². The molecule has 4 fully saturated rings. The molecule has 0 aromatic carbocycles. The van der Waals surface area contributed by atoms with Crippen LogP contribution in [-0.2, 0) is 0 Å². The van der Waals surface area contributed by atoms with Crippen molar-refractivity contribution in [1.29, 1.82) is 0 Å². The SMILES string of the molecule is CC(C)CCCC(C)C1CCC2C3CCC4CC(S)CCC4(C)C3CCC12C. The highest BCUT2D eigenvalue weighted by molar-refractivity contribution is 7.80. The van der Waals surface area contributed by atoms with Crippen molar-refractivity contribution in [2.24, 2.45) is 52.3 Å². The Balaban J connectivity index is 1.46. The normalized spacial score (nSPS) is 49.4. The quantitative estimate of drug-likeness (QED) is 0.437. The Morgan fingerprint density at radius 2 is 1.54 bits per heavy atom. The van der Waals surface area contributed by atoms with Crippen molar-refractivity contribution in [2.45, 2.75) is 117 Å². The molecule has 0 nitrogen and oxygen atoms in total. The molecule has 0 bridgehead atoms. The highest BCUT2D eigenvalue weighted by Crippen LogP contribution is 2.68. The molecule has 0 amide bonds. The van der Waals surface area contributed by atoms with Gasteiger partial charge in [0.15, 0.2) is 0 Å². The molecule has 0 aromatic rings. The third-order valence-corrected chi connectivity index (χ3v) is 11.3. The summed E-state index contributed by atoms with van der Waals surface area (Å²) in [6.45, 7) is 12.8. The van der Waals surface area contributed by atoms with Gasteiger partial charge < -0.3 is 0 Å². The summed E-state index contributed by atoms with van der Waals surface area (Å²) >= 11 is 4.88. The Morgan fingerprint density at radius 3 is 2.29 bits per heavy atom. The minimum Gasteiger partial charge on any atom is -0.176 e. The van der Waals surface area contributed by atoms with E-state index < -0.39 is 0 Å². The molecule has 1 heteroatoms. The topological polar surface area (TPSA) is 0 Å². The van der Waals surface area contributed by atoms with E-state index in [1.165, 1.54) is 64.2 Å².